The zero-order chi connectivity index (χ0) is 15.1. The van der Waals surface area contributed by atoms with E-state index >= 15 is 0 Å². The van der Waals surface area contributed by atoms with Crippen LogP contribution in [0.2, 0.25) is 0 Å². The molecule has 3 nitrogen and oxygen atoms in total. The summed E-state index contributed by atoms with van der Waals surface area (Å²) in [6.07, 6.45) is 11.5. The minimum atomic E-state index is -0.0273. The van der Waals surface area contributed by atoms with Gasteiger partial charge in [-0.1, -0.05) is 20.3 Å². The highest BCUT2D eigenvalue weighted by atomic mass is 16.5. The van der Waals surface area contributed by atoms with E-state index in [0.29, 0.717) is 12.0 Å². The molecule has 0 aromatic rings. The molecule has 2 N–H and O–H groups in total. The van der Waals surface area contributed by atoms with Crippen molar-refractivity contribution in [1.29, 1.82) is 0 Å². The number of hydrogen-bond acceptors (Lipinski definition) is 3. The molecule has 2 aliphatic rings. The molecule has 0 spiro atoms. The van der Waals surface area contributed by atoms with Crippen molar-refractivity contribution in [3.05, 3.63) is 0 Å². The minimum Gasteiger partial charge on any atom is -0.394 e. The molecule has 0 bridgehead atoms. The summed E-state index contributed by atoms with van der Waals surface area (Å²) in [5, 5.41) is 13.5. The Morgan fingerprint density at radius 2 is 1.95 bits per heavy atom. The van der Waals surface area contributed by atoms with Crippen molar-refractivity contribution in [2.45, 2.75) is 83.3 Å². The summed E-state index contributed by atoms with van der Waals surface area (Å²) in [6, 6.07) is 0. The van der Waals surface area contributed by atoms with Crippen LogP contribution in [0, 0.1) is 11.8 Å². The van der Waals surface area contributed by atoms with Crippen molar-refractivity contribution in [3.8, 4) is 0 Å². The molecule has 0 aromatic heterocycles. The Morgan fingerprint density at radius 1 is 1.19 bits per heavy atom. The standard InChI is InChI=1S/C18H35NO2/c1-3-12-19-18(14-20)11-4-5-16(18)10-13-21-17-8-6-15(2)7-9-17/h15-17,19-20H,3-14H2,1-2H3. The fraction of sp³-hybridized carbons (Fsp3) is 1.00. The molecule has 2 atom stereocenters. The second-order valence-corrected chi connectivity index (χ2v) is 7.37. The number of rotatable bonds is 8. The van der Waals surface area contributed by atoms with Gasteiger partial charge in [0.1, 0.15) is 0 Å². The van der Waals surface area contributed by atoms with E-state index in [2.05, 4.69) is 19.2 Å². The van der Waals surface area contributed by atoms with Crippen LogP contribution in [0.5, 0.6) is 0 Å². The Morgan fingerprint density at radius 3 is 2.62 bits per heavy atom. The molecule has 124 valence electrons. The maximum Gasteiger partial charge on any atom is 0.0616 e. The monoisotopic (exact) mass is 297 g/mol. The van der Waals surface area contributed by atoms with Gasteiger partial charge >= 0.3 is 0 Å². The fourth-order valence-electron chi connectivity index (χ4n) is 4.21. The van der Waals surface area contributed by atoms with Gasteiger partial charge in [-0.3, -0.25) is 0 Å². The predicted octanol–water partition coefficient (Wildman–Crippen LogP) is 3.50. The highest BCUT2D eigenvalue weighted by molar-refractivity contribution is 4.98. The molecule has 2 fully saturated rings. The van der Waals surface area contributed by atoms with Gasteiger partial charge in [-0.25, -0.2) is 0 Å². The third kappa shape index (κ3) is 4.67. The van der Waals surface area contributed by atoms with Crippen molar-refractivity contribution < 1.29 is 9.84 Å². The molecule has 2 rings (SSSR count). The first-order valence-corrected chi connectivity index (χ1v) is 9.17. The first-order valence-electron chi connectivity index (χ1n) is 9.17. The Hall–Kier alpha value is -0.120. The molecule has 0 aromatic carbocycles. The first kappa shape index (κ1) is 17.2. The molecule has 3 heteroatoms. The van der Waals surface area contributed by atoms with Crippen LogP contribution in [0.4, 0.5) is 0 Å². The summed E-state index contributed by atoms with van der Waals surface area (Å²) in [6.45, 7) is 6.70. The molecule has 0 amide bonds. The fourth-order valence-corrected chi connectivity index (χ4v) is 4.21. The topological polar surface area (TPSA) is 41.5 Å². The zero-order valence-electron chi connectivity index (χ0n) is 14.1. The maximum absolute atomic E-state index is 9.89. The minimum absolute atomic E-state index is 0.0273. The molecule has 0 saturated heterocycles. The van der Waals surface area contributed by atoms with Crippen molar-refractivity contribution in [1.82, 2.24) is 5.32 Å². The lowest BCUT2D eigenvalue weighted by molar-refractivity contribution is 0.00510. The molecule has 0 aliphatic heterocycles. The van der Waals surface area contributed by atoms with Crippen LogP contribution in [0.25, 0.3) is 0 Å². The van der Waals surface area contributed by atoms with Gasteiger partial charge in [-0.2, -0.15) is 0 Å². The lowest BCUT2D eigenvalue weighted by atomic mass is 9.85. The summed E-state index contributed by atoms with van der Waals surface area (Å²) in [7, 11) is 0. The third-order valence-corrected chi connectivity index (χ3v) is 5.75. The van der Waals surface area contributed by atoms with Gasteiger partial charge in [0, 0.05) is 12.1 Å². The van der Waals surface area contributed by atoms with E-state index in [4.69, 9.17) is 4.74 Å². The SMILES string of the molecule is CCCNC1(CO)CCCC1CCOC1CCC(C)CC1. The van der Waals surface area contributed by atoms with Crippen molar-refractivity contribution in [2.75, 3.05) is 19.8 Å². The van der Waals surface area contributed by atoms with Crippen LogP contribution in [0.3, 0.4) is 0 Å². The van der Waals surface area contributed by atoms with Gasteiger partial charge in [0.15, 0.2) is 0 Å². The molecule has 2 saturated carbocycles. The summed E-state index contributed by atoms with van der Waals surface area (Å²) >= 11 is 0. The van der Waals surface area contributed by atoms with E-state index in [0.717, 1.165) is 38.3 Å². The number of ether oxygens (including phenoxy) is 1. The van der Waals surface area contributed by atoms with Gasteiger partial charge in [-0.05, 0) is 69.7 Å². The highest BCUT2D eigenvalue weighted by Gasteiger charge is 2.41. The molecule has 21 heavy (non-hydrogen) atoms. The van der Waals surface area contributed by atoms with Gasteiger partial charge < -0.3 is 15.2 Å². The smallest absolute Gasteiger partial charge is 0.0616 e. The van der Waals surface area contributed by atoms with E-state index in [1.54, 1.807) is 0 Å². The van der Waals surface area contributed by atoms with Crippen LogP contribution in [0.1, 0.15) is 71.6 Å². The van der Waals surface area contributed by atoms with E-state index < -0.39 is 0 Å². The van der Waals surface area contributed by atoms with Crippen molar-refractivity contribution in [2.24, 2.45) is 11.8 Å². The molecule has 0 radical (unpaired) electrons. The van der Waals surface area contributed by atoms with Crippen LogP contribution in [-0.4, -0.2) is 36.5 Å². The Bertz CT molecular complexity index is 289. The van der Waals surface area contributed by atoms with E-state index in [9.17, 15) is 5.11 Å². The number of nitrogens with one attached hydrogen (secondary N) is 1. The van der Waals surface area contributed by atoms with E-state index in [1.165, 1.54) is 38.5 Å². The Balaban J connectivity index is 1.73. The van der Waals surface area contributed by atoms with E-state index in [-0.39, 0.29) is 12.1 Å². The lowest BCUT2D eigenvalue weighted by Crippen LogP contribution is -2.52. The summed E-state index contributed by atoms with van der Waals surface area (Å²) in [4.78, 5) is 0. The van der Waals surface area contributed by atoms with Crippen LogP contribution in [0.15, 0.2) is 0 Å². The van der Waals surface area contributed by atoms with Gasteiger partial charge in [-0.15, -0.1) is 0 Å². The van der Waals surface area contributed by atoms with Crippen molar-refractivity contribution >= 4 is 0 Å². The van der Waals surface area contributed by atoms with E-state index in [1.807, 2.05) is 0 Å². The Kier molecular flexibility index (Phi) is 6.97. The van der Waals surface area contributed by atoms with Crippen molar-refractivity contribution in [3.63, 3.8) is 0 Å². The first-order chi connectivity index (χ1) is 10.2. The average molecular weight is 297 g/mol. The highest BCUT2D eigenvalue weighted by Crippen LogP contribution is 2.38. The second kappa shape index (κ2) is 8.50. The third-order valence-electron chi connectivity index (χ3n) is 5.75. The van der Waals surface area contributed by atoms with Crippen LogP contribution in [-0.2, 0) is 4.74 Å². The molecular formula is C18H35NO2. The number of aliphatic hydroxyl groups excluding tert-OH is 1. The Labute approximate surface area is 130 Å². The molecule has 0 heterocycles. The maximum atomic E-state index is 9.89. The zero-order valence-corrected chi connectivity index (χ0v) is 14.1. The number of aliphatic hydroxyl groups is 1. The summed E-state index contributed by atoms with van der Waals surface area (Å²) in [5.74, 6) is 1.47. The predicted molar refractivity (Wildman–Crippen MR) is 87.4 cm³/mol. The number of hydrogen-bond donors (Lipinski definition) is 2. The van der Waals surface area contributed by atoms with Crippen LogP contribution >= 0.6 is 0 Å². The molecule has 2 unspecified atom stereocenters. The summed E-state index contributed by atoms with van der Waals surface area (Å²) in [5.41, 5.74) is -0.0273. The van der Waals surface area contributed by atoms with Gasteiger partial charge in [0.05, 0.1) is 12.7 Å². The quantitative estimate of drug-likeness (QED) is 0.720. The largest absolute Gasteiger partial charge is 0.394 e. The molecular weight excluding hydrogens is 262 g/mol. The normalized spacial score (nSPS) is 37.0. The van der Waals surface area contributed by atoms with Crippen LogP contribution < -0.4 is 5.32 Å². The summed E-state index contributed by atoms with van der Waals surface area (Å²) < 4.78 is 6.13. The second-order valence-electron chi connectivity index (χ2n) is 7.37. The average Bonchev–Trinajstić information content (AvgIpc) is 2.91. The lowest BCUT2D eigenvalue weighted by Gasteiger charge is -2.35. The van der Waals surface area contributed by atoms with Gasteiger partial charge in [0.2, 0.25) is 0 Å². The van der Waals surface area contributed by atoms with Gasteiger partial charge in [0.25, 0.3) is 0 Å². The molecule has 2 aliphatic carbocycles.